The standard InChI is InChI=1S/C33H37ClF2N2O5/c1-18(39)16-42-24-10-9-22(31(37)40)27(30(24)36)28-26-19(2)33(20-7-5-4-6-8-20,43-25(26)15-23(35)29(28)34)17-38-21-11-13-32(3,41)14-12-21/h4-10,15,18-19,21,38-39,41H,11-14,16-17H2,1-3H3,(H2,37,40)/t18-,19-,21-,32+,33-/m0/s1. The Hall–Kier alpha value is -3.24. The van der Waals surface area contributed by atoms with Crippen LogP contribution < -0.4 is 20.5 Å². The Balaban J connectivity index is 1.64. The molecule has 0 aromatic heterocycles. The number of fused-ring (bicyclic) bond motifs is 1. The highest BCUT2D eigenvalue weighted by Crippen LogP contribution is 2.56. The van der Waals surface area contributed by atoms with Crippen LogP contribution in [-0.4, -0.2) is 47.0 Å². The summed E-state index contributed by atoms with van der Waals surface area (Å²) in [6, 6.07) is 13.4. The van der Waals surface area contributed by atoms with Crippen molar-refractivity contribution in [2.75, 3.05) is 13.2 Å². The molecule has 0 spiro atoms. The molecule has 1 saturated carbocycles. The van der Waals surface area contributed by atoms with E-state index >= 15 is 8.78 Å². The van der Waals surface area contributed by atoms with Crippen molar-refractivity contribution in [3.8, 4) is 22.6 Å². The summed E-state index contributed by atoms with van der Waals surface area (Å²) in [5.41, 5.74) is 4.65. The van der Waals surface area contributed by atoms with Crippen molar-refractivity contribution in [1.82, 2.24) is 5.32 Å². The number of carbonyl (C=O) groups excluding carboxylic acids is 1. The van der Waals surface area contributed by atoms with Gasteiger partial charge in [-0.25, -0.2) is 8.78 Å². The number of rotatable bonds is 9. The molecule has 7 nitrogen and oxygen atoms in total. The number of aliphatic hydroxyl groups is 2. The minimum atomic E-state index is -1.04. The molecule has 1 aliphatic heterocycles. The van der Waals surface area contributed by atoms with Gasteiger partial charge in [-0.3, -0.25) is 4.79 Å². The van der Waals surface area contributed by atoms with Gasteiger partial charge in [-0.15, -0.1) is 0 Å². The lowest BCUT2D eigenvalue weighted by Gasteiger charge is -2.38. The Labute approximate surface area is 255 Å². The molecule has 0 unspecified atom stereocenters. The molecule has 0 saturated heterocycles. The summed E-state index contributed by atoms with van der Waals surface area (Å²) in [7, 11) is 0. The van der Waals surface area contributed by atoms with Crippen molar-refractivity contribution in [3.05, 3.63) is 81.9 Å². The maximum Gasteiger partial charge on any atom is 0.249 e. The van der Waals surface area contributed by atoms with Crippen LogP contribution in [0.3, 0.4) is 0 Å². The molecule has 0 radical (unpaired) electrons. The van der Waals surface area contributed by atoms with E-state index in [-0.39, 0.29) is 45.9 Å². The molecule has 3 atom stereocenters. The van der Waals surface area contributed by atoms with E-state index in [9.17, 15) is 15.0 Å². The Morgan fingerprint density at radius 2 is 1.86 bits per heavy atom. The molecular weight excluding hydrogens is 578 g/mol. The van der Waals surface area contributed by atoms with Gasteiger partial charge >= 0.3 is 0 Å². The number of hydrogen-bond acceptors (Lipinski definition) is 6. The summed E-state index contributed by atoms with van der Waals surface area (Å²) >= 11 is 6.60. The van der Waals surface area contributed by atoms with Gasteiger partial charge in [0.2, 0.25) is 5.91 Å². The smallest absolute Gasteiger partial charge is 0.249 e. The number of hydrogen-bond donors (Lipinski definition) is 4. The Morgan fingerprint density at radius 1 is 1.19 bits per heavy atom. The molecule has 2 aliphatic rings. The number of carbonyl (C=O) groups is 1. The lowest BCUT2D eigenvalue weighted by atomic mass is 9.77. The third kappa shape index (κ3) is 5.96. The minimum Gasteiger partial charge on any atom is -0.488 e. The Bertz CT molecular complexity index is 1510. The predicted molar refractivity (Wildman–Crippen MR) is 161 cm³/mol. The summed E-state index contributed by atoms with van der Waals surface area (Å²) in [4.78, 5) is 12.6. The number of halogens is 3. The molecule has 3 aromatic rings. The van der Waals surface area contributed by atoms with Crippen LogP contribution in [-0.2, 0) is 5.60 Å². The molecule has 1 aliphatic carbocycles. The largest absolute Gasteiger partial charge is 0.488 e. The number of nitrogens with two attached hydrogens (primary N) is 1. The molecular formula is C33H37ClF2N2O5. The number of nitrogens with one attached hydrogen (secondary N) is 1. The van der Waals surface area contributed by atoms with Crippen LogP contribution in [0.2, 0.25) is 5.02 Å². The zero-order chi connectivity index (χ0) is 31.1. The van der Waals surface area contributed by atoms with Gasteiger partial charge in [-0.2, -0.15) is 0 Å². The van der Waals surface area contributed by atoms with Crippen LogP contribution in [0.1, 0.15) is 73.9 Å². The first kappa shape index (κ1) is 31.2. The van der Waals surface area contributed by atoms with E-state index in [1.165, 1.54) is 25.1 Å². The van der Waals surface area contributed by atoms with E-state index in [4.69, 9.17) is 26.8 Å². The quantitative estimate of drug-likeness (QED) is 0.242. The average Bonchev–Trinajstić information content (AvgIpc) is 3.24. The summed E-state index contributed by atoms with van der Waals surface area (Å²) in [6.07, 6.45) is 1.98. The lowest BCUT2D eigenvalue weighted by molar-refractivity contribution is 0.00890. The van der Waals surface area contributed by atoms with Crippen LogP contribution in [0.15, 0.2) is 48.5 Å². The van der Waals surface area contributed by atoms with E-state index in [1.54, 1.807) is 0 Å². The highest BCUT2D eigenvalue weighted by atomic mass is 35.5. The van der Waals surface area contributed by atoms with Crippen molar-refractivity contribution in [2.24, 2.45) is 5.73 Å². The number of aliphatic hydroxyl groups excluding tert-OH is 1. The van der Waals surface area contributed by atoms with E-state index in [0.29, 0.717) is 24.9 Å². The zero-order valence-corrected chi connectivity index (χ0v) is 25.2. The van der Waals surface area contributed by atoms with Crippen LogP contribution in [0, 0.1) is 11.6 Å². The molecule has 1 fully saturated rings. The van der Waals surface area contributed by atoms with Gasteiger partial charge in [0.1, 0.15) is 18.2 Å². The van der Waals surface area contributed by atoms with E-state index in [0.717, 1.165) is 18.4 Å². The third-order valence-electron chi connectivity index (χ3n) is 8.73. The van der Waals surface area contributed by atoms with Crippen LogP contribution in [0.5, 0.6) is 11.5 Å². The second-order valence-corrected chi connectivity index (χ2v) is 12.4. The SMILES string of the molecule is C[C@H](O)COc1ccc(C(N)=O)c(-c2c(Cl)c(F)cc3c2[C@H](C)[C@@](CN[C@H]2CC[C@@](C)(O)CC2)(c2ccccc2)O3)c1F. The van der Waals surface area contributed by atoms with Crippen molar-refractivity contribution < 1.29 is 33.3 Å². The molecule has 5 N–H and O–H groups in total. The molecule has 0 bridgehead atoms. The zero-order valence-electron chi connectivity index (χ0n) is 24.4. The van der Waals surface area contributed by atoms with E-state index < -0.39 is 40.8 Å². The van der Waals surface area contributed by atoms with Crippen LogP contribution in [0.4, 0.5) is 8.78 Å². The van der Waals surface area contributed by atoms with Crippen molar-refractivity contribution >= 4 is 17.5 Å². The maximum atomic E-state index is 16.2. The summed E-state index contributed by atoms with van der Waals surface area (Å²) < 4.78 is 43.9. The first-order chi connectivity index (χ1) is 20.3. The summed E-state index contributed by atoms with van der Waals surface area (Å²) in [5.74, 6) is -3.31. The second kappa shape index (κ2) is 12.0. The molecule has 3 aromatic carbocycles. The van der Waals surface area contributed by atoms with Gasteiger partial charge in [0, 0.05) is 41.3 Å². The predicted octanol–water partition coefficient (Wildman–Crippen LogP) is 5.82. The normalized spacial score (nSPS) is 25.6. The number of primary amides is 1. The average molecular weight is 615 g/mol. The highest BCUT2D eigenvalue weighted by molar-refractivity contribution is 6.34. The van der Waals surface area contributed by atoms with Gasteiger partial charge in [0.25, 0.3) is 0 Å². The molecule has 1 amide bonds. The van der Waals surface area contributed by atoms with Crippen LogP contribution in [0.25, 0.3) is 11.1 Å². The van der Waals surface area contributed by atoms with Crippen molar-refractivity contribution in [3.63, 3.8) is 0 Å². The van der Waals surface area contributed by atoms with Crippen molar-refractivity contribution in [2.45, 2.75) is 75.7 Å². The fourth-order valence-corrected chi connectivity index (χ4v) is 6.53. The minimum absolute atomic E-state index is 0.0375. The summed E-state index contributed by atoms with van der Waals surface area (Å²) in [5, 5.41) is 23.4. The third-order valence-corrected chi connectivity index (χ3v) is 9.10. The fourth-order valence-electron chi connectivity index (χ4n) is 6.28. The topological polar surface area (TPSA) is 114 Å². The monoisotopic (exact) mass is 614 g/mol. The molecule has 1 heterocycles. The first-order valence-electron chi connectivity index (χ1n) is 14.5. The van der Waals surface area contributed by atoms with Gasteiger partial charge in [-0.1, -0.05) is 48.9 Å². The molecule has 10 heteroatoms. The number of benzene rings is 3. The highest BCUT2D eigenvalue weighted by Gasteiger charge is 2.50. The molecule has 43 heavy (non-hydrogen) atoms. The van der Waals surface area contributed by atoms with Gasteiger partial charge in [-0.05, 0) is 57.2 Å². The second-order valence-electron chi connectivity index (χ2n) is 12.0. The number of amides is 1. The molecule has 230 valence electrons. The molecule has 5 rings (SSSR count). The number of ether oxygens (including phenoxy) is 2. The Kier molecular flexibility index (Phi) is 8.73. The van der Waals surface area contributed by atoms with Gasteiger partial charge in [0.15, 0.2) is 17.2 Å². The van der Waals surface area contributed by atoms with E-state index in [1.807, 2.05) is 44.2 Å². The van der Waals surface area contributed by atoms with Crippen LogP contribution >= 0.6 is 11.6 Å². The Morgan fingerprint density at radius 3 is 2.49 bits per heavy atom. The van der Waals surface area contributed by atoms with Gasteiger partial charge in [0.05, 0.1) is 22.3 Å². The maximum absolute atomic E-state index is 16.2. The van der Waals surface area contributed by atoms with E-state index in [2.05, 4.69) is 5.32 Å². The lowest BCUT2D eigenvalue weighted by Crippen LogP contribution is -2.49. The van der Waals surface area contributed by atoms with Gasteiger partial charge < -0.3 is 30.7 Å². The van der Waals surface area contributed by atoms with Crippen molar-refractivity contribution in [1.29, 1.82) is 0 Å². The summed E-state index contributed by atoms with van der Waals surface area (Å²) in [6.45, 7) is 5.36. The first-order valence-corrected chi connectivity index (χ1v) is 14.9. The fraction of sp³-hybridized carbons (Fsp3) is 0.424.